The number of nitrogens with zero attached hydrogens (tertiary/aromatic N) is 2. The van der Waals surface area contributed by atoms with Gasteiger partial charge in [0.05, 0.1) is 6.20 Å². The van der Waals surface area contributed by atoms with Crippen molar-refractivity contribution in [3.05, 3.63) is 114 Å². The van der Waals surface area contributed by atoms with Gasteiger partial charge < -0.3 is 19.9 Å². The second-order valence-corrected chi connectivity index (χ2v) is 8.04. The third kappa shape index (κ3) is 7.94. The first-order valence-electron chi connectivity index (χ1n) is 11.4. The van der Waals surface area contributed by atoms with E-state index in [0.29, 0.717) is 18.9 Å². The van der Waals surface area contributed by atoms with Gasteiger partial charge in [0.15, 0.2) is 0 Å². The van der Waals surface area contributed by atoms with E-state index in [1.165, 1.54) is 5.56 Å². The van der Waals surface area contributed by atoms with Crippen LogP contribution in [-0.4, -0.2) is 21.0 Å². The number of carbonyl (C=O) groups is 1. The number of hydrogen-bond acceptors (Lipinski definition) is 6. The third-order valence-electron chi connectivity index (χ3n) is 5.32. The molecular formula is C28H27N3O4. The maximum Gasteiger partial charge on any atom is 0.303 e. The number of aromatic nitrogens is 2. The Hall–Kier alpha value is -4.23. The van der Waals surface area contributed by atoms with Crippen LogP contribution in [0.2, 0.25) is 0 Å². The number of rotatable bonds is 12. The second-order valence-electron chi connectivity index (χ2n) is 8.04. The predicted molar refractivity (Wildman–Crippen MR) is 132 cm³/mol. The molecule has 4 aromatic rings. The van der Waals surface area contributed by atoms with E-state index in [1.54, 1.807) is 18.6 Å². The Labute approximate surface area is 204 Å². The fraction of sp³-hybridized carbons (Fsp3) is 0.179. The fourth-order valence-electron chi connectivity index (χ4n) is 3.41. The van der Waals surface area contributed by atoms with Crippen molar-refractivity contribution < 1.29 is 19.4 Å². The molecule has 0 amide bonds. The molecular weight excluding hydrogens is 442 g/mol. The van der Waals surface area contributed by atoms with Crippen LogP contribution in [-0.2, 0) is 30.9 Å². The lowest BCUT2D eigenvalue weighted by Gasteiger charge is -2.09. The lowest BCUT2D eigenvalue weighted by atomic mass is 10.1. The number of carboxylic acids is 1. The zero-order chi connectivity index (χ0) is 24.3. The molecule has 2 N–H and O–H groups in total. The first kappa shape index (κ1) is 23.9. The molecule has 1 aromatic heterocycles. The maximum absolute atomic E-state index is 10.7. The molecule has 7 nitrogen and oxygen atoms in total. The Morgan fingerprint density at radius 1 is 0.771 bits per heavy atom. The van der Waals surface area contributed by atoms with E-state index in [-0.39, 0.29) is 6.42 Å². The highest BCUT2D eigenvalue weighted by atomic mass is 16.5. The third-order valence-corrected chi connectivity index (χ3v) is 5.32. The van der Waals surface area contributed by atoms with Gasteiger partial charge in [0.1, 0.15) is 18.1 Å². The van der Waals surface area contributed by atoms with Crippen LogP contribution in [0, 0.1) is 0 Å². The maximum atomic E-state index is 10.7. The lowest BCUT2D eigenvalue weighted by molar-refractivity contribution is -0.136. The summed E-state index contributed by atoms with van der Waals surface area (Å²) in [6.45, 7) is 1.99. The van der Waals surface area contributed by atoms with Crippen LogP contribution in [0.3, 0.4) is 0 Å². The van der Waals surface area contributed by atoms with Crippen LogP contribution < -0.4 is 14.8 Å². The molecule has 178 valence electrons. The molecule has 0 unspecified atom stereocenters. The topological polar surface area (TPSA) is 93.6 Å². The molecule has 0 aliphatic carbocycles. The van der Waals surface area contributed by atoms with Gasteiger partial charge in [0.2, 0.25) is 5.88 Å². The molecule has 35 heavy (non-hydrogen) atoms. The first-order chi connectivity index (χ1) is 17.1. The van der Waals surface area contributed by atoms with E-state index in [1.807, 2.05) is 48.5 Å². The predicted octanol–water partition coefficient (Wildman–Crippen LogP) is 5.15. The second kappa shape index (κ2) is 12.3. The van der Waals surface area contributed by atoms with Gasteiger partial charge in [-0.2, -0.15) is 0 Å². The van der Waals surface area contributed by atoms with Crippen LogP contribution in [0.15, 0.2) is 91.4 Å². The van der Waals surface area contributed by atoms with Crippen molar-refractivity contribution in [1.29, 1.82) is 0 Å². The summed E-state index contributed by atoms with van der Waals surface area (Å²) >= 11 is 0. The van der Waals surface area contributed by atoms with Crippen molar-refractivity contribution in [3.63, 3.8) is 0 Å². The summed E-state index contributed by atoms with van der Waals surface area (Å²) in [7, 11) is 0. The van der Waals surface area contributed by atoms with Crippen LogP contribution in [0.5, 0.6) is 17.4 Å². The quantitative estimate of drug-likeness (QED) is 0.296. The van der Waals surface area contributed by atoms with Crippen LogP contribution >= 0.6 is 0 Å². The molecule has 1 heterocycles. The summed E-state index contributed by atoms with van der Waals surface area (Å²) in [5.74, 6) is 1.17. The molecule has 0 spiro atoms. The molecule has 0 bridgehead atoms. The number of carboxylic acid groups (broad SMARTS) is 1. The van der Waals surface area contributed by atoms with Crippen molar-refractivity contribution in [2.24, 2.45) is 0 Å². The molecule has 0 atom stereocenters. The molecule has 0 aliphatic heterocycles. The minimum Gasteiger partial charge on any atom is -0.489 e. The average Bonchev–Trinajstić information content (AvgIpc) is 2.89. The highest BCUT2D eigenvalue weighted by Gasteiger charge is 2.02. The van der Waals surface area contributed by atoms with E-state index in [9.17, 15) is 4.79 Å². The Morgan fingerprint density at radius 3 is 2.00 bits per heavy atom. The summed E-state index contributed by atoms with van der Waals surface area (Å²) in [5, 5.41) is 12.2. The number of benzene rings is 3. The zero-order valence-electron chi connectivity index (χ0n) is 19.3. The standard InChI is InChI=1S/C28H27N3O4/c32-28(33)14-9-21-5-10-25(11-6-21)34-20-24-3-1-22(2-4-24)17-30-18-23-7-12-26(13-8-23)35-27-19-29-15-16-31-27/h1-8,10-13,15-16,19,30H,9,14,17-18,20H2,(H,32,33). The van der Waals surface area contributed by atoms with Gasteiger partial charge in [-0.3, -0.25) is 9.78 Å². The minimum absolute atomic E-state index is 0.132. The van der Waals surface area contributed by atoms with E-state index in [0.717, 1.165) is 41.3 Å². The molecule has 0 radical (unpaired) electrons. The normalized spacial score (nSPS) is 10.6. The van der Waals surface area contributed by atoms with Gasteiger partial charge in [-0.25, -0.2) is 4.98 Å². The van der Waals surface area contributed by atoms with Crippen molar-refractivity contribution in [3.8, 4) is 17.4 Å². The minimum atomic E-state index is -0.789. The Kier molecular flexibility index (Phi) is 8.40. The van der Waals surface area contributed by atoms with Crippen molar-refractivity contribution in [1.82, 2.24) is 15.3 Å². The molecule has 0 fully saturated rings. The van der Waals surface area contributed by atoms with Gasteiger partial charge in [0.25, 0.3) is 0 Å². The Balaban J connectivity index is 1.18. The number of aryl methyl sites for hydroxylation is 1. The SMILES string of the molecule is O=C(O)CCc1ccc(OCc2ccc(CNCc3ccc(Oc4cnccn4)cc3)cc2)cc1. The van der Waals surface area contributed by atoms with E-state index >= 15 is 0 Å². The number of aliphatic carboxylic acids is 1. The highest BCUT2D eigenvalue weighted by Crippen LogP contribution is 2.19. The van der Waals surface area contributed by atoms with Crippen molar-refractivity contribution in [2.45, 2.75) is 32.5 Å². The highest BCUT2D eigenvalue weighted by molar-refractivity contribution is 5.67. The number of hydrogen-bond donors (Lipinski definition) is 2. The molecule has 0 aliphatic rings. The van der Waals surface area contributed by atoms with E-state index in [2.05, 4.69) is 39.6 Å². The summed E-state index contributed by atoms with van der Waals surface area (Å²) in [5.41, 5.74) is 4.43. The summed E-state index contributed by atoms with van der Waals surface area (Å²) in [4.78, 5) is 18.8. The monoisotopic (exact) mass is 469 g/mol. The Bertz CT molecular complexity index is 1200. The van der Waals surface area contributed by atoms with Crippen LogP contribution in [0.25, 0.3) is 0 Å². The fourth-order valence-corrected chi connectivity index (χ4v) is 3.41. The van der Waals surface area contributed by atoms with E-state index in [4.69, 9.17) is 14.6 Å². The van der Waals surface area contributed by atoms with Gasteiger partial charge in [-0.15, -0.1) is 0 Å². The van der Waals surface area contributed by atoms with Gasteiger partial charge in [-0.05, 0) is 52.9 Å². The molecule has 4 rings (SSSR count). The summed E-state index contributed by atoms with van der Waals surface area (Å²) < 4.78 is 11.5. The number of nitrogens with one attached hydrogen (secondary N) is 1. The summed E-state index contributed by atoms with van der Waals surface area (Å²) in [6.07, 6.45) is 5.44. The van der Waals surface area contributed by atoms with Gasteiger partial charge in [-0.1, -0.05) is 48.5 Å². The molecule has 0 saturated carbocycles. The van der Waals surface area contributed by atoms with Crippen LogP contribution in [0.4, 0.5) is 0 Å². The van der Waals surface area contributed by atoms with Crippen LogP contribution in [0.1, 0.15) is 28.7 Å². The summed E-state index contributed by atoms with van der Waals surface area (Å²) in [6, 6.07) is 23.8. The molecule has 7 heteroatoms. The van der Waals surface area contributed by atoms with Gasteiger partial charge >= 0.3 is 5.97 Å². The smallest absolute Gasteiger partial charge is 0.303 e. The lowest BCUT2D eigenvalue weighted by Crippen LogP contribution is -2.12. The first-order valence-corrected chi connectivity index (χ1v) is 11.4. The number of ether oxygens (including phenoxy) is 2. The Morgan fingerprint density at radius 2 is 1.37 bits per heavy atom. The average molecular weight is 470 g/mol. The molecule has 3 aromatic carbocycles. The van der Waals surface area contributed by atoms with E-state index < -0.39 is 5.97 Å². The largest absolute Gasteiger partial charge is 0.489 e. The van der Waals surface area contributed by atoms with Crippen molar-refractivity contribution >= 4 is 5.97 Å². The zero-order valence-corrected chi connectivity index (χ0v) is 19.3. The molecule has 0 saturated heterocycles. The van der Waals surface area contributed by atoms with Crippen molar-refractivity contribution in [2.75, 3.05) is 0 Å². The van der Waals surface area contributed by atoms with Gasteiger partial charge in [0, 0.05) is 31.9 Å².